The SMILES string of the molecule is [Na+].[Na+].[Na+].[Na+].[Na+].[Na+].[Na+].[Na+].[O-]B([O-])[O-]. The first kappa shape index (κ1) is 59.8. The van der Waals surface area contributed by atoms with Crippen molar-refractivity contribution in [2.75, 3.05) is 0 Å². The first-order chi connectivity index (χ1) is 1.73. The van der Waals surface area contributed by atoms with Gasteiger partial charge in [0.2, 0.25) is 0 Å². The quantitative estimate of drug-likeness (QED) is 0.396. The summed E-state index contributed by atoms with van der Waals surface area (Å²) < 4.78 is 0. The summed E-state index contributed by atoms with van der Waals surface area (Å²) in [7, 11) is -2.92. The van der Waals surface area contributed by atoms with Gasteiger partial charge in [0.1, 0.15) is 0 Å². The van der Waals surface area contributed by atoms with Crippen LogP contribution in [-0.4, -0.2) is 7.32 Å². The molecule has 0 aromatic rings. The molecule has 0 radical (unpaired) electrons. The van der Waals surface area contributed by atoms with Gasteiger partial charge in [0, 0.05) is 0 Å². The van der Waals surface area contributed by atoms with E-state index in [4.69, 9.17) is 15.1 Å². The van der Waals surface area contributed by atoms with E-state index in [1.807, 2.05) is 0 Å². The van der Waals surface area contributed by atoms with E-state index in [0.717, 1.165) is 0 Å². The van der Waals surface area contributed by atoms with Crippen molar-refractivity contribution in [2.45, 2.75) is 0 Å². The molecule has 3 nitrogen and oxygen atoms in total. The average molecular weight is 243 g/mol. The molecule has 0 aliphatic heterocycles. The minimum atomic E-state index is -2.92. The third-order valence-electron chi connectivity index (χ3n) is 0. The molecular formula is BNa8O3+5. The first-order valence-electron chi connectivity index (χ1n) is 0.707. The molecule has 0 aromatic carbocycles. The molecule has 24 valence electrons. The fourth-order valence-corrected chi connectivity index (χ4v) is 0. The maximum absolute atomic E-state index is 8.42. The molecule has 0 fully saturated rings. The second-order valence-electron chi connectivity index (χ2n) is 0.289. The Morgan fingerprint density at radius 3 is 0.417 bits per heavy atom. The summed E-state index contributed by atoms with van der Waals surface area (Å²) in [6.45, 7) is 0. The van der Waals surface area contributed by atoms with Crippen molar-refractivity contribution in [1.82, 2.24) is 0 Å². The zero-order valence-corrected chi connectivity index (χ0v) is 25.8. The average Bonchev–Trinajstić information content (AvgIpc) is 0.811. The number of hydrogen-bond donors (Lipinski definition) is 0. The molecule has 0 unspecified atom stereocenters. The van der Waals surface area contributed by atoms with Gasteiger partial charge in [-0.1, -0.05) is 0 Å². The molecule has 12 heteroatoms. The van der Waals surface area contributed by atoms with E-state index in [2.05, 4.69) is 0 Å². The standard InChI is InChI=1S/BO3.8Na/c2-1(3)4;;;;;;;;/q-3;8*+1. The van der Waals surface area contributed by atoms with Gasteiger partial charge in [0.25, 0.3) is 0 Å². The zero-order valence-electron chi connectivity index (χ0n) is 9.80. The third-order valence-corrected chi connectivity index (χ3v) is 0. The van der Waals surface area contributed by atoms with Crippen molar-refractivity contribution in [3.05, 3.63) is 0 Å². The fraction of sp³-hybridized carbons (Fsp3) is 0. The van der Waals surface area contributed by atoms with Gasteiger partial charge in [-0.3, -0.25) is 7.32 Å². The van der Waals surface area contributed by atoms with Crippen molar-refractivity contribution in [1.29, 1.82) is 0 Å². The monoisotopic (exact) mass is 243 g/mol. The largest absolute Gasteiger partial charge is 1.00 e. The molecule has 0 aromatic heterocycles. The van der Waals surface area contributed by atoms with Crippen LogP contribution in [0.4, 0.5) is 0 Å². The van der Waals surface area contributed by atoms with E-state index in [0.29, 0.717) is 0 Å². The molecule has 0 aliphatic rings. The van der Waals surface area contributed by atoms with Crippen LogP contribution in [-0.2, 0) is 0 Å². The van der Waals surface area contributed by atoms with Gasteiger partial charge in [-0.15, -0.1) is 0 Å². The Morgan fingerprint density at radius 1 is 0.417 bits per heavy atom. The molecule has 0 heterocycles. The molecule has 0 saturated heterocycles. The minimum absolute atomic E-state index is 0. The smallest absolute Gasteiger partial charge is 0.907 e. The molecule has 0 saturated carbocycles. The second-order valence-corrected chi connectivity index (χ2v) is 0.289. The zero-order chi connectivity index (χ0) is 3.58. The summed E-state index contributed by atoms with van der Waals surface area (Å²) >= 11 is 0. The van der Waals surface area contributed by atoms with Crippen molar-refractivity contribution in [3.8, 4) is 0 Å². The number of hydrogen-bond acceptors (Lipinski definition) is 3. The summed E-state index contributed by atoms with van der Waals surface area (Å²) in [5, 5.41) is 25.2. The fourth-order valence-electron chi connectivity index (χ4n) is 0. The van der Waals surface area contributed by atoms with Gasteiger partial charge >= 0.3 is 236 Å². The van der Waals surface area contributed by atoms with Crippen molar-refractivity contribution in [3.63, 3.8) is 0 Å². The van der Waals surface area contributed by atoms with Crippen LogP contribution in [0.3, 0.4) is 0 Å². The Kier molecular flexibility index (Phi) is 254. The predicted molar refractivity (Wildman–Crippen MR) is 5.75 cm³/mol. The van der Waals surface area contributed by atoms with Crippen LogP contribution < -0.4 is 252 Å². The summed E-state index contributed by atoms with van der Waals surface area (Å²) in [5.74, 6) is 0. The Bertz CT molecular complexity index is 19.0. The van der Waals surface area contributed by atoms with E-state index in [-0.39, 0.29) is 236 Å². The second kappa shape index (κ2) is 50.9. The van der Waals surface area contributed by atoms with E-state index >= 15 is 0 Å². The first-order valence-corrected chi connectivity index (χ1v) is 0.707. The molecule has 0 aliphatic carbocycles. The molecule has 0 N–H and O–H groups in total. The predicted octanol–water partition coefficient (Wildman–Crippen LogP) is -27.9. The van der Waals surface area contributed by atoms with Crippen LogP contribution in [0.2, 0.25) is 0 Å². The summed E-state index contributed by atoms with van der Waals surface area (Å²) in [4.78, 5) is 0. The number of rotatable bonds is 0. The van der Waals surface area contributed by atoms with Crippen LogP contribution >= 0.6 is 0 Å². The third kappa shape index (κ3) is 81.6. The van der Waals surface area contributed by atoms with Gasteiger partial charge in [0.15, 0.2) is 0 Å². The Hall–Kier alpha value is 7.94. The molecular weight excluding hydrogens is 243 g/mol. The summed E-state index contributed by atoms with van der Waals surface area (Å²) in [6, 6.07) is 0. The van der Waals surface area contributed by atoms with E-state index in [1.165, 1.54) is 0 Å². The van der Waals surface area contributed by atoms with Crippen LogP contribution in [0.15, 0.2) is 0 Å². The van der Waals surface area contributed by atoms with E-state index in [9.17, 15) is 0 Å². The molecule has 0 spiro atoms. The van der Waals surface area contributed by atoms with Gasteiger partial charge in [-0.05, 0) is 0 Å². The molecule has 0 rings (SSSR count). The van der Waals surface area contributed by atoms with E-state index in [1.54, 1.807) is 0 Å². The Morgan fingerprint density at radius 2 is 0.417 bits per heavy atom. The normalized spacial score (nSPS) is 2.25. The van der Waals surface area contributed by atoms with Crippen molar-refractivity contribution >= 4 is 7.32 Å². The molecule has 12 heavy (non-hydrogen) atoms. The Balaban J connectivity index is -0.00000000161. The van der Waals surface area contributed by atoms with Gasteiger partial charge in [0.05, 0.1) is 0 Å². The topological polar surface area (TPSA) is 69.2 Å². The van der Waals surface area contributed by atoms with Gasteiger partial charge in [-0.25, -0.2) is 0 Å². The molecule has 0 atom stereocenters. The van der Waals surface area contributed by atoms with Crippen molar-refractivity contribution in [2.24, 2.45) is 0 Å². The van der Waals surface area contributed by atoms with Gasteiger partial charge in [-0.2, -0.15) is 0 Å². The summed E-state index contributed by atoms with van der Waals surface area (Å²) in [5.41, 5.74) is 0. The van der Waals surface area contributed by atoms with Crippen LogP contribution in [0.5, 0.6) is 0 Å². The van der Waals surface area contributed by atoms with Crippen LogP contribution in [0.1, 0.15) is 0 Å². The van der Waals surface area contributed by atoms with Crippen molar-refractivity contribution < 1.29 is 252 Å². The Labute approximate surface area is 251 Å². The maximum Gasteiger partial charge on any atom is 1.00 e. The van der Waals surface area contributed by atoms with Crippen LogP contribution in [0, 0.1) is 0 Å². The molecule has 0 amide bonds. The van der Waals surface area contributed by atoms with Crippen LogP contribution in [0.25, 0.3) is 0 Å². The maximum atomic E-state index is 8.42. The van der Waals surface area contributed by atoms with Gasteiger partial charge < -0.3 is 15.1 Å². The minimum Gasteiger partial charge on any atom is -0.907 e. The van der Waals surface area contributed by atoms with E-state index < -0.39 is 7.32 Å². The molecule has 0 bridgehead atoms. The summed E-state index contributed by atoms with van der Waals surface area (Å²) in [6.07, 6.45) is 0.